The summed E-state index contributed by atoms with van der Waals surface area (Å²) in [5, 5.41) is 8.50. The van der Waals surface area contributed by atoms with Gasteiger partial charge in [-0.3, -0.25) is 15.1 Å². The minimum atomic E-state index is -0.804. The van der Waals surface area contributed by atoms with E-state index in [1.54, 1.807) is 19.6 Å². The van der Waals surface area contributed by atoms with Gasteiger partial charge in [-0.15, -0.1) is 0 Å². The number of likely N-dealkylation sites (tertiary alicyclic amines) is 1. The van der Waals surface area contributed by atoms with Gasteiger partial charge in [-0.25, -0.2) is 9.78 Å². The third-order valence-corrected chi connectivity index (χ3v) is 5.11. The molecule has 136 valence electrons. The number of guanidine groups is 1. The lowest BCUT2D eigenvalue weighted by Gasteiger charge is -2.39. The highest BCUT2D eigenvalue weighted by Gasteiger charge is 2.48. The van der Waals surface area contributed by atoms with Crippen molar-refractivity contribution in [3.63, 3.8) is 0 Å². The summed E-state index contributed by atoms with van der Waals surface area (Å²) in [4.78, 5) is 34.1. The molecule has 1 aromatic heterocycles. The molecule has 3 rings (SSSR count). The van der Waals surface area contributed by atoms with Crippen LogP contribution in [0.2, 0.25) is 0 Å². The average molecular weight is 347 g/mol. The lowest BCUT2D eigenvalue weighted by molar-refractivity contribution is -0.125. The third kappa shape index (κ3) is 3.59. The van der Waals surface area contributed by atoms with E-state index in [9.17, 15) is 9.59 Å². The molecule has 1 atom stereocenters. The van der Waals surface area contributed by atoms with Crippen molar-refractivity contribution >= 4 is 17.9 Å². The van der Waals surface area contributed by atoms with Crippen molar-refractivity contribution in [1.82, 2.24) is 30.4 Å². The monoisotopic (exact) mass is 347 g/mol. The normalized spacial score (nSPS) is 25.0. The zero-order valence-corrected chi connectivity index (χ0v) is 14.7. The van der Waals surface area contributed by atoms with E-state index in [1.807, 2.05) is 17.7 Å². The highest BCUT2D eigenvalue weighted by molar-refractivity contribution is 6.07. The molecule has 0 aliphatic carbocycles. The van der Waals surface area contributed by atoms with E-state index in [2.05, 4.69) is 30.8 Å². The van der Waals surface area contributed by atoms with Gasteiger partial charge in [0.15, 0.2) is 5.96 Å². The predicted octanol–water partition coefficient (Wildman–Crippen LogP) is -0.231. The van der Waals surface area contributed by atoms with E-state index < -0.39 is 11.6 Å². The SMILES string of the molecule is CN=C(NCCn1ccnc1)N1CCC(C2(C)NC(=O)NC2=O)CC1. The van der Waals surface area contributed by atoms with Crippen LogP contribution in [-0.2, 0) is 11.3 Å². The molecule has 1 unspecified atom stereocenters. The first-order chi connectivity index (χ1) is 12.0. The van der Waals surface area contributed by atoms with Gasteiger partial charge in [0.1, 0.15) is 5.54 Å². The van der Waals surface area contributed by atoms with Crippen molar-refractivity contribution in [2.75, 3.05) is 26.7 Å². The lowest BCUT2D eigenvalue weighted by Crippen LogP contribution is -2.55. The number of nitrogens with zero attached hydrogens (tertiary/aromatic N) is 4. The Balaban J connectivity index is 1.50. The summed E-state index contributed by atoms with van der Waals surface area (Å²) in [5.74, 6) is 0.765. The van der Waals surface area contributed by atoms with Crippen LogP contribution in [0.3, 0.4) is 0 Å². The van der Waals surface area contributed by atoms with Crippen LogP contribution in [0.5, 0.6) is 0 Å². The maximum Gasteiger partial charge on any atom is 0.322 e. The Morgan fingerprint density at radius 2 is 2.20 bits per heavy atom. The van der Waals surface area contributed by atoms with Gasteiger partial charge in [-0.2, -0.15) is 0 Å². The Morgan fingerprint density at radius 1 is 1.44 bits per heavy atom. The molecule has 0 saturated carbocycles. The zero-order chi connectivity index (χ0) is 17.9. The van der Waals surface area contributed by atoms with E-state index in [4.69, 9.17) is 0 Å². The first kappa shape index (κ1) is 17.2. The molecule has 0 spiro atoms. The first-order valence-electron chi connectivity index (χ1n) is 8.58. The number of urea groups is 1. The molecule has 25 heavy (non-hydrogen) atoms. The molecule has 0 bridgehead atoms. The van der Waals surface area contributed by atoms with Gasteiger partial charge in [0.2, 0.25) is 0 Å². The molecule has 0 aromatic carbocycles. The summed E-state index contributed by atoms with van der Waals surface area (Å²) in [7, 11) is 1.78. The van der Waals surface area contributed by atoms with Gasteiger partial charge in [0.05, 0.1) is 6.33 Å². The molecule has 2 aliphatic rings. The number of imidazole rings is 1. The molecular formula is C16H25N7O2. The predicted molar refractivity (Wildman–Crippen MR) is 93.0 cm³/mol. The topological polar surface area (TPSA) is 104 Å². The fourth-order valence-corrected chi connectivity index (χ4v) is 3.56. The lowest BCUT2D eigenvalue weighted by atomic mass is 9.79. The highest BCUT2D eigenvalue weighted by Crippen LogP contribution is 2.30. The summed E-state index contributed by atoms with van der Waals surface area (Å²) in [5.41, 5.74) is -0.804. The molecule has 3 N–H and O–H groups in total. The molecule has 9 nitrogen and oxygen atoms in total. The van der Waals surface area contributed by atoms with E-state index in [1.165, 1.54) is 0 Å². The second-order valence-electron chi connectivity index (χ2n) is 6.65. The molecule has 2 fully saturated rings. The van der Waals surface area contributed by atoms with Crippen LogP contribution in [0.25, 0.3) is 0 Å². The van der Waals surface area contributed by atoms with E-state index in [0.717, 1.165) is 45.0 Å². The molecule has 3 heterocycles. The third-order valence-electron chi connectivity index (χ3n) is 5.11. The molecule has 3 amide bonds. The number of amides is 3. The number of rotatable bonds is 4. The summed E-state index contributed by atoms with van der Waals surface area (Å²) in [6, 6.07) is -0.396. The molecule has 9 heteroatoms. The minimum absolute atomic E-state index is 0.124. The largest absolute Gasteiger partial charge is 0.354 e. The average Bonchev–Trinajstić information content (AvgIpc) is 3.20. The number of hydrogen-bond donors (Lipinski definition) is 3. The van der Waals surface area contributed by atoms with Crippen LogP contribution in [0.1, 0.15) is 19.8 Å². The van der Waals surface area contributed by atoms with Crippen molar-refractivity contribution in [1.29, 1.82) is 0 Å². The Morgan fingerprint density at radius 3 is 2.76 bits per heavy atom. The second kappa shape index (κ2) is 7.12. The Bertz CT molecular complexity index is 649. The summed E-state index contributed by atoms with van der Waals surface area (Å²) < 4.78 is 2.01. The Kier molecular flexibility index (Phi) is 4.91. The fraction of sp³-hybridized carbons (Fsp3) is 0.625. The zero-order valence-electron chi connectivity index (χ0n) is 14.7. The van der Waals surface area contributed by atoms with Crippen LogP contribution < -0.4 is 16.0 Å². The summed E-state index contributed by atoms with van der Waals surface area (Å²) in [6.45, 7) is 4.99. The number of imide groups is 1. The van der Waals surface area contributed by atoms with Crippen molar-refractivity contribution in [2.45, 2.75) is 31.8 Å². The maximum atomic E-state index is 12.1. The quantitative estimate of drug-likeness (QED) is 0.396. The smallest absolute Gasteiger partial charge is 0.322 e. The van der Waals surface area contributed by atoms with Gasteiger partial charge in [-0.05, 0) is 25.7 Å². The molecule has 1 aromatic rings. The Hall–Kier alpha value is -2.58. The van der Waals surface area contributed by atoms with Crippen LogP contribution in [0, 0.1) is 5.92 Å². The van der Waals surface area contributed by atoms with Crippen molar-refractivity contribution in [2.24, 2.45) is 10.9 Å². The van der Waals surface area contributed by atoms with Crippen LogP contribution in [-0.4, -0.2) is 64.6 Å². The number of aliphatic imine (C=N–C) groups is 1. The number of carbonyl (C=O) groups excluding carboxylic acids is 2. The van der Waals surface area contributed by atoms with Gasteiger partial charge >= 0.3 is 6.03 Å². The van der Waals surface area contributed by atoms with E-state index in [0.29, 0.717) is 0 Å². The summed E-state index contributed by atoms with van der Waals surface area (Å²) in [6.07, 6.45) is 7.13. The summed E-state index contributed by atoms with van der Waals surface area (Å²) >= 11 is 0. The van der Waals surface area contributed by atoms with E-state index >= 15 is 0 Å². The van der Waals surface area contributed by atoms with Crippen LogP contribution >= 0.6 is 0 Å². The fourth-order valence-electron chi connectivity index (χ4n) is 3.56. The van der Waals surface area contributed by atoms with Crippen molar-refractivity contribution < 1.29 is 9.59 Å². The number of piperidine rings is 1. The molecule has 2 aliphatic heterocycles. The highest BCUT2D eigenvalue weighted by atomic mass is 16.2. The van der Waals surface area contributed by atoms with E-state index in [-0.39, 0.29) is 11.8 Å². The second-order valence-corrected chi connectivity index (χ2v) is 6.65. The van der Waals surface area contributed by atoms with Crippen molar-refractivity contribution in [3.8, 4) is 0 Å². The van der Waals surface area contributed by atoms with Gasteiger partial charge in [-0.1, -0.05) is 0 Å². The molecular weight excluding hydrogens is 322 g/mol. The van der Waals surface area contributed by atoms with Gasteiger partial charge in [0.25, 0.3) is 5.91 Å². The first-order valence-corrected chi connectivity index (χ1v) is 8.58. The number of nitrogens with one attached hydrogen (secondary N) is 3. The maximum absolute atomic E-state index is 12.1. The van der Waals surface area contributed by atoms with Gasteiger partial charge in [0, 0.05) is 45.6 Å². The van der Waals surface area contributed by atoms with Crippen LogP contribution in [0.15, 0.2) is 23.7 Å². The standard InChI is InChI=1S/C16H25N7O2/c1-16(13(24)20-15(25)21-16)12-3-7-23(8-4-12)14(17-2)19-6-10-22-9-5-18-11-22/h5,9,11-12H,3-4,6-8,10H2,1-2H3,(H,17,19)(H2,20,21,24,25). The Labute approximate surface area is 146 Å². The van der Waals surface area contributed by atoms with Gasteiger partial charge < -0.3 is 20.1 Å². The molecule has 2 saturated heterocycles. The van der Waals surface area contributed by atoms with Crippen molar-refractivity contribution in [3.05, 3.63) is 18.7 Å². The number of hydrogen-bond acceptors (Lipinski definition) is 4. The molecule has 0 radical (unpaired) electrons. The number of aromatic nitrogens is 2. The minimum Gasteiger partial charge on any atom is -0.354 e. The number of carbonyl (C=O) groups is 2. The van der Waals surface area contributed by atoms with Crippen LogP contribution in [0.4, 0.5) is 4.79 Å².